The summed E-state index contributed by atoms with van der Waals surface area (Å²) in [6, 6.07) is 15.7. The summed E-state index contributed by atoms with van der Waals surface area (Å²) in [6.07, 6.45) is 1.88. The Morgan fingerprint density at radius 1 is 1.10 bits per heavy atom. The maximum atomic E-state index is 12.4. The minimum absolute atomic E-state index is 0.0765. The first-order valence-electron chi connectivity index (χ1n) is 6.57. The van der Waals surface area contributed by atoms with Crippen molar-refractivity contribution in [2.75, 3.05) is 5.32 Å². The second kappa shape index (κ2) is 4.85. The number of carbonyl (C=O) groups is 1. The number of anilines is 1. The quantitative estimate of drug-likeness (QED) is 0.751. The molecule has 0 saturated carbocycles. The maximum absolute atomic E-state index is 12.4. The van der Waals surface area contributed by atoms with E-state index < -0.39 is 0 Å². The van der Waals surface area contributed by atoms with E-state index in [9.17, 15) is 4.79 Å². The van der Waals surface area contributed by atoms with Crippen molar-refractivity contribution in [3.8, 4) is 0 Å². The molecule has 0 unspecified atom stereocenters. The molecule has 0 aliphatic carbocycles. The topological polar surface area (TPSA) is 34.0 Å². The van der Waals surface area contributed by atoms with Gasteiger partial charge in [0, 0.05) is 29.8 Å². The highest BCUT2D eigenvalue weighted by Gasteiger charge is 2.14. The second-order valence-corrected chi connectivity index (χ2v) is 4.99. The number of para-hydroxylation sites is 1. The van der Waals surface area contributed by atoms with Crippen LogP contribution in [0.15, 0.2) is 54.7 Å². The lowest BCUT2D eigenvalue weighted by Gasteiger charge is -2.04. The number of nitrogens with zero attached hydrogens (tertiary/aromatic N) is 1. The van der Waals surface area contributed by atoms with Crippen molar-refractivity contribution >= 4 is 22.5 Å². The number of hydrogen-bond donors (Lipinski definition) is 1. The van der Waals surface area contributed by atoms with Crippen LogP contribution in [-0.2, 0) is 7.05 Å². The van der Waals surface area contributed by atoms with Crippen LogP contribution in [0.3, 0.4) is 0 Å². The molecule has 0 fully saturated rings. The molecule has 2 aromatic carbocycles. The summed E-state index contributed by atoms with van der Waals surface area (Å²) in [6.45, 7) is 2.03. The van der Waals surface area contributed by atoms with Gasteiger partial charge in [-0.3, -0.25) is 4.79 Å². The molecule has 0 aliphatic rings. The van der Waals surface area contributed by atoms with E-state index >= 15 is 0 Å². The van der Waals surface area contributed by atoms with Gasteiger partial charge in [0.05, 0.1) is 5.56 Å². The molecule has 0 aliphatic heterocycles. The first kappa shape index (κ1) is 12.5. The van der Waals surface area contributed by atoms with E-state index in [1.807, 2.05) is 61.1 Å². The molecule has 0 spiro atoms. The van der Waals surface area contributed by atoms with Gasteiger partial charge >= 0.3 is 0 Å². The van der Waals surface area contributed by atoms with Crippen LogP contribution in [0.1, 0.15) is 15.9 Å². The second-order valence-electron chi connectivity index (χ2n) is 4.99. The summed E-state index contributed by atoms with van der Waals surface area (Å²) in [5, 5.41) is 3.92. The summed E-state index contributed by atoms with van der Waals surface area (Å²) < 4.78 is 1.98. The molecule has 3 aromatic rings. The molecular formula is C17H16N2O. The van der Waals surface area contributed by atoms with Crippen LogP contribution in [0.2, 0.25) is 0 Å². The lowest BCUT2D eigenvalue weighted by Crippen LogP contribution is -2.11. The van der Waals surface area contributed by atoms with Gasteiger partial charge in [-0.2, -0.15) is 0 Å². The summed E-state index contributed by atoms with van der Waals surface area (Å²) in [5.74, 6) is -0.0765. The van der Waals surface area contributed by atoms with Crippen molar-refractivity contribution in [1.82, 2.24) is 4.57 Å². The molecule has 0 bridgehead atoms. The standard InChI is InChI=1S/C17H16N2O/c1-12-8-9-16-14(10-12)15(11-19(16)2)17(20)18-13-6-4-3-5-7-13/h3-11H,1-2H3,(H,18,20). The van der Waals surface area contributed by atoms with E-state index in [2.05, 4.69) is 17.4 Å². The molecule has 1 heterocycles. The molecule has 3 rings (SSSR count). The van der Waals surface area contributed by atoms with Gasteiger partial charge < -0.3 is 9.88 Å². The van der Waals surface area contributed by atoms with Crippen molar-refractivity contribution in [3.63, 3.8) is 0 Å². The summed E-state index contributed by atoms with van der Waals surface area (Å²) >= 11 is 0. The third kappa shape index (κ3) is 2.18. The van der Waals surface area contributed by atoms with Gasteiger partial charge in [-0.15, -0.1) is 0 Å². The van der Waals surface area contributed by atoms with Crippen molar-refractivity contribution in [1.29, 1.82) is 0 Å². The van der Waals surface area contributed by atoms with Crippen LogP contribution < -0.4 is 5.32 Å². The number of rotatable bonds is 2. The number of fused-ring (bicyclic) bond motifs is 1. The van der Waals surface area contributed by atoms with E-state index in [0.717, 1.165) is 22.2 Å². The minimum atomic E-state index is -0.0765. The average Bonchev–Trinajstić information content (AvgIpc) is 2.77. The first-order chi connectivity index (χ1) is 9.65. The Morgan fingerprint density at radius 2 is 1.85 bits per heavy atom. The fourth-order valence-electron chi connectivity index (χ4n) is 2.41. The third-order valence-corrected chi connectivity index (χ3v) is 3.42. The zero-order valence-corrected chi connectivity index (χ0v) is 11.6. The molecule has 1 N–H and O–H groups in total. The van der Waals surface area contributed by atoms with Crippen LogP contribution in [0.4, 0.5) is 5.69 Å². The Balaban J connectivity index is 2.01. The number of amides is 1. The van der Waals surface area contributed by atoms with Crippen LogP contribution >= 0.6 is 0 Å². The van der Waals surface area contributed by atoms with Gasteiger partial charge in [-0.25, -0.2) is 0 Å². The van der Waals surface area contributed by atoms with Gasteiger partial charge in [0.1, 0.15) is 0 Å². The summed E-state index contributed by atoms with van der Waals surface area (Å²) in [5.41, 5.74) is 3.73. The van der Waals surface area contributed by atoms with Crippen LogP contribution in [-0.4, -0.2) is 10.5 Å². The lowest BCUT2D eigenvalue weighted by atomic mass is 10.1. The molecule has 20 heavy (non-hydrogen) atoms. The predicted molar refractivity (Wildman–Crippen MR) is 82.1 cm³/mol. The minimum Gasteiger partial charge on any atom is -0.350 e. The summed E-state index contributed by atoms with van der Waals surface area (Å²) in [7, 11) is 1.96. The number of hydrogen-bond acceptors (Lipinski definition) is 1. The normalized spacial score (nSPS) is 10.7. The van der Waals surface area contributed by atoms with Gasteiger partial charge in [0.15, 0.2) is 0 Å². The van der Waals surface area contributed by atoms with Crippen molar-refractivity contribution in [2.24, 2.45) is 7.05 Å². The number of nitrogens with one attached hydrogen (secondary N) is 1. The van der Waals surface area contributed by atoms with Crippen LogP contribution in [0.5, 0.6) is 0 Å². The highest BCUT2D eigenvalue weighted by atomic mass is 16.1. The zero-order valence-electron chi connectivity index (χ0n) is 11.6. The fraction of sp³-hybridized carbons (Fsp3) is 0.118. The number of aryl methyl sites for hydroxylation is 2. The van der Waals surface area contributed by atoms with Crippen molar-refractivity contribution in [3.05, 3.63) is 65.9 Å². The van der Waals surface area contributed by atoms with E-state index in [-0.39, 0.29) is 5.91 Å². The zero-order chi connectivity index (χ0) is 14.1. The molecule has 1 aromatic heterocycles. The largest absolute Gasteiger partial charge is 0.350 e. The monoisotopic (exact) mass is 264 g/mol. The smallest absolute Gasteiger partial charge is 0.257 e. The van der Waals surface area contributed by atoms with Crippen LogP contribution in [0.25, 0.3) is 10.9 Å². The predicted octanol–water partition coefficient (Wildman–Crippen LogP) is 3.74. The van der Waals surface area contributed by atoms with E-state index in [4.69, 9.17) is 0 Å². The number of benzene rings is 2. The van der Waals surface area contributed by atoms with Crippen molar-refractivity contribution in [2.45, 2.75) is 6.92 Å². The molecule has 100 valence electrons. The Kier molecular flexibility index (Phi) is 3.03. The molecule has 0 saturated heterocycles. The maximum Gasteiger partial charge on any atom is 0.257 e. The summed E-state index contributed by atoms with van der Waals surface area (Å²) in [4.78, 5) is 12.4. The Bertz CT molecular complexity index is 772. The molecule has 3 heteroatoms. The molecule has 3 nitrogen and oxygen atoms in total. The Labute approximate surface area is 117 Å². The number of aromatic nitrogens is 1. The van der Waals surface area contributed by atoms with Crippen LogP contribution in [0, 0.1) is 6.92 Å². The van der Waals surface area contributed by atoms with E-state index in [0.29, 0.717) is 5.56 Å². The Morgan fingerprint density at radius 3 is 2.60 bits per heavy atom. The first-order valence-corrected chi connectivity index (χ1v) is 6.57. The lowest BCUT2D eigenvalue weighted by molar-refractivity contribution is 0.102. The van der Waals surface area contributed by atoms with Gasteiger partial charge in [-0.05, 0) is 31.2 Å². The van der Waals surface area contributed by atoms with E-state index in [1.54, 1.807) is 0 Å². The molecular weight excluding hydrogens is 248 g/mol. The highest BCUT2D eigenvalue weighted by molar-refractivity contribution is 6.13. The molecule has 0 atom stereocenters. The van der Waals surface area contributed by atoms with Gasteiger partial charge in [0.2, 0.25) is 0 Å². The molecule has 0 radical (unpaired) electrons. The fourth-order valence-corrected chi connectivity index (χ4v) is 2.41. The number of carbonyl (C=O) groups excluding carboxylic acids is 1. The van der Waals surface area contributed by atoms with Gasteiger partial charge in [0.25, 0.3) is 5.91 Å². The SMILES string of the molecule is Cc1ccc2c(c1)c(C(=O)Nc1ccccc1)cn2C. The van der Waals surface area contributed by atoms with E-state index in [1.165, 1.54) is 0 Å². The third-order valence-electron chi connectivity index (χ3n) is 3.42. The molecule has 1 amide bonds. The van der Waals surface area contributed by atoms with Crippen molar-refractivity contribution < 1.29 is 4.79 Å². The average molecular weight is 264 g/mol. The van der Waals surface area contributed by atoms with Gasteiger partial charge in [-0.1, -0.05) is 29.8 Å². The Hall–Kier alpha value is -2.55. The highest BCUT2D eigenvalue weighted by Crippen LogP contribution is 2.23.